The summed E-state index contributed by atoms with van der Waals surface area (Å²) in [6, 6.07) is 21.3. The quantitative estimate of drug-likeness (QED) is 0.599. The number of carbonyl (C=O) groups excluding carboxylic acids is 1. The number of benzene rings is 2. The van der Waals surface area contributed by atoms with Crippen LogP contribution in [0.2, 0.25) is 0 Å². The van der Waals surface area contributed by atoms with Crippen LogP contribution in [0.25, 0.3) is 0 Å². The first-order valence-corrected chi connectivity index (χ1v) is 8.86. The molecule has 0 amide bonds. The molecule has 0 saturated heterocycles. The molecule has 0 fully saturated rings. The van der Waals surface area contributed by atoms with Gasteiger partial charge in [0, 0.05) is 0 Å². The normalized spacial score (nSPS) is 13.6. The molecule has 0 heterocycles. The van der Waals surface area contributed by atoms with E-state index in [0.29, 0.717) is 0 Å². The SMILES string of the molecule is CP(C)(C=O)(c1ccccc1)c1ccccc1. The van der Waals surface area contributed by atoms with E-state index in [1.165, 1.54) is 0 Å². The number of carbonyl (C=O) groups is 1. The van der Waals surface area contributed by atoms with Crippen LogP contribution in [-0.4, -0.2) is 19.4 Å². The van der Waals surface area contributed by atoms with Gasteiger partial charge in [-0.1, -0.05) is 0 Å². The van der Waals surface area contributed by atoms with Crippen LogP contribution >= 0.6 is 6.60 Å². The fourth-order valence-electron chi connectivity index (χ4n) is 2.04. The zero-order chi connectivity index (χ0) is 12.4. The van der Waals surface area contributed by atoms with Gasteiger partial charge in [0.25, 0.3) is 0 Å². The molecule has 0 atom stereocenters. The third-order valence-electron chi connectivity index (χ3n) is 3.42. The average molecular weight is 244 g/mol. The van der Waals surface area contributed by atoms with Crippen molar-refractivity contribution in [3.05, 3.63) is 60.7 Å². The molecule has 1 nitrogen and oxygen atoms in total. The Bertz CT molecular complexity index is 474. The van der Waals surface area contributed by atoms with Crippen molar-refractivity contribution in [3.8, 4) is 0 Å². The molecular weight excluding hydrogens is 227 g/mol. The monoisotopic (exact) mass is 244 g/mol. The van der Waals surface area contributed by atoms with Crippen LogP contribution in [0.15, 0.2) is 60.7 Å². The molecule has 2 heteroatoms. The second kappa shape index (κ2) is 4.09. The average Bonchev–Trinajstić information content (AvgIpc) is 2.41. The van der Waals surface area contributed by atoms with E-state index in [1.54, 1.807) is 0 Å². The summed E-state index contributed by atoms with van der Waals surface area (Å²) >= 11 is 0. The van der Waals surface area contributed by atoms with Gasteiger partial charge in [0.1, 0.15) is 0 Å². The summed E-state index contributed by atoms with van der Waals surface area (Å²) in [5.41, 5.74) is 0. The summed E-state index contributed by atoms with van der Waals surface area (Å²) in [6.07, 6.45) is 0. The molecule has 0 spiro atoms. The number of rotatable bonds is 3. The van der Waals surface area contributed by atoms with E-state index in [2.05, 4.69) is 37.6 Å². The van der Waals surface area contributed by atoms with Gasteiger partial charge in [-0.25, -0.2) is 0 Å². The minimum atomic E-state index is -2.64. The van der Waals surface area contributed by atoms with E-state index < -0.39 is 6.60 Å². The van der Waals surface area contributed by atoms with Gasteiger partial charge in [-0.15, -0.1) is 0 Å². The third-order valence-corrected chi connectivity index (χ3v) is 7.82. The Balaban J connectivity index is 2.69. The van der Waals surface area contributed by atoms with Crippen molar-refractivity contribution in [2.24, 2.45) is 0 Å². The maximum atomic E-state index is 11.8. The Morgan fingerprint density at radius 2 is 1.12 bits per heavy atom. The van der Waals surface area contributed by atoms with Gasteiger partial charge < -0.3 is 0 Å². The molecule has 0 aliphatic carbocycles. The first-order chi connectivity index (χ1) is 8.07. The molecule has 0 saturated carbocycles. The molecule has 2 rings (SSSR count). The van der Waals surface area contributed by atoms with Crippen LogP contribution in [0.5, 0.6) is 0 Å². The van der Waals surface area contributed by atoms with Crippen LogP contribution < -0.4 is 10.6 Å². The van der Waals surface area contributed by atoms with Crippen LogP contribution in [0.1, 0.15) is 0 Å². The zero-order valence-electron chi connectivity index (χ0n) is 10.2. The van der Waals surface area contributed by atoms with E-state index in [9.17, 15) is 4.79 Å². The summed E-state index contributed by atoms with van der Waals surface area (Å²) in [6.45, 7) is 1.56. The molecule has 88 valence electrons. The molecule has 0 aliphatic heterocycles. The van der Waals surface area contributed by atoms with Crippen molar-refractivity contribution in [2.75, 3.05) is 13.3 Å². The Morgan fingerprint density at radius 1 is 0.765 bits per heavy atom. The van der Waals surface area contributed by atoms with Gasteiger partial charge in [0.05, 0.1) is 0 Å². The second-order valence-corrected chi connectivity index (χ2v) is 10.7. The van der Waals surface area contributed by atoms with Crippen LogP contribution in [-0.2, 0) is 4.79 Å². The predicted molar refractivity (Wildman–Crippen MR) is 77.7 cm³/mol. The maximum absolute atomic E-state index is 11.8. The molecule has 2 aromatic carbocycles. The van der Waals surface area contributed by atoms with E-state index in [-0.39, 0.29) is 0 Å². The van der Waals surface area contributed by atoms with Crippen molar-refractivity contribution >= 4 is 23.2 Å². The summed E-state index contributed by atoms with van der Waals surface area (Å²) in [7, 11) is 0. The minimum absolute atomic E-state index is 1.14. The molecule has 0 bridgehead atoms. The Hall–Kier alpha value is -1.46. The van der Waals surface area contributed by atoms with Gasteiger partial charge >= 0.3 is 102 Å². The molecular formula is C15H17OP. The first-order valence-electron chi connectivity index (χ1n) is 5.66. The first kappa shape index (κ1) is 12.0. The van der Waals surface area contributed by atoms with Crippen LogP contribution in [0, 0.1) is 0 Å². The second-order valence-electron chi connectivity index (χ2n) is 5.00. The molecule has 0 N–H and O–H groups in total. The molecule has 17 heavy (non-hydrogen) atoms. The predicted octanol–water partition coefficient (Wildman–Crippen LogP) is 2.64. The molecule has 0 aliphatic rings. The van der Waals surface area contributed by atoms with E-state index in [4.69, 9.17) is 0 Å². The van der Waals surface area contributed by atoms with Gasteiger partial charge in [-0.2, -0.15) is 0 Å². The van der Waals surface area contributed by atoms with Gasteiger partial charge in [0.2, 0.25) is 0 Å². The molecule has 2 aromatic rings. The van der Waals surface area contributed by atoms with Crippen molar-refractivity contribution in [3.63, 3.8) is 0 Å². The van der Waals surface area contributed by atoms with E-state index in [1.807, 2.05) is 36.4 Å². The topological polar surface area (TPSA) is 17.1 Å². The summed E-state index contributed by atoms with van der Waals surface area (Å²) in [5.74, 6) is 0. The van der Waals surface area contributed by atoms with Gasteiger partial charge in [-0.05, 0) is 0 Å². The fraction of sp³-hybridized carbons (Fsp3) is 0.133. The zero-order valence-corrected chi connectivity index (χ0v) is 11.1. The summed E-state index contributed by atoms with van der Waals surface area (Å²) < 4.78 is 0. The third kappa shape index (κ3) is 1.92. The van der Waals surface area contributed by atoms with Crippen molar-refractivity contribution < 1.29 is 4.79 Å². The number of hydrogen-bond acceptors (Lipinski definition) is 1. The van der Waals surface area contributed by atoms with Gasteiger partial charge in [-0.3, -0.25) is 0 Å². The van der Waals surface area contributed by atoms with Crippen molar-refractivity contribution in [1.82, 2.24) is 0 Å². The van der Waals surface area contributed by atoms with Crippen LogP contribution in [0.4, 0.5) is 0 Å². The Labute approximate surface area is 102 Å². The van der Waals surface area contributed by atoms with Crippen molar-refractivity contribution in [2.45, 2.75) is 0 Å². The van der Waals surface area contributed by atoms with Crippen LogP contribution in [0.3, 0.4) is 0 Å². The Morgan fingerprint density at radius 3 is 1.41 bits per heavy atom. The van der Waals surface area contributed by atoms with E-state index >= 15 is 0 Å². The summed E-state index contributed by atoms with van der Waals surface area (Å²) in [4.78, 5) is 11.8. The summed E-state index contributed by atoms with van der Waals surface area (Å²) in [5, 5.41) is 2.28. The standard InChI is InChI=1S/C15H17OP/c1-17(2,13-16,14-9-5-3-6-10-14)15-11-7-4-8-12-15/h3-13H,1-2H3. The van der Waals surface area contributed by atoms with Gasteiger partial charge in [0.15, 0.2) is 0 Å². The van der Waals surface area contributed by atoms with E-state index in [0.717, 1.165) is 16.6 Å². The van der Waals surface area contributed by atoms with Crippen molar-refractivity contribution in [1.29, 1.82) is 0 Å². The molecule has 0 radical (unpaired) electrons. The number of hydrogen-bond donors (Lipinski definition) is 0. The Kier molecular flexibility index (Phi) is 2.89. The fourth-order valence-corrected chi connectivity index (χ4v) is 4.77. The molecule has 0 unspecified atom stereocenters. The molecule has 0 aromatic heterocycles.